The molecule has 1 aliphatic carbocycles. The van der Waals surface area contributed by atoms with Gasteiger partial charge >= 0.3 is 0 Å². The Morgan fingerprint density at radius 3 is 2.62 bits per heavy atom. The van der Waals surface area contributed by atoms with Crippen LogP contribution in [0, 0.1) is 5.82 Å². The van der Waals surface area contributed by atoms with Crippen LogP contribution >= 0.6 is 0 Å². The zero-order valence-electron chi connectivity index (χ0n) is 12.3. The molecule has 0 atom stereocenters. The highest BCUT2D eigenvalue weighted by molar-refractivity contribution is 6.00. The van der Waals surface area contributed by atoms with E-state index in [1.165, 1.54) is 38.2 Å². The summed E-state index contributed by atoms with van der Waals surface area (Å²) in [5.74, 6) is -0.0399. The molecule has 5 heteroatoms. The number of methoxy groups -OCH3 is 1. The highest BCUT2D eigenvalue weighted by atomic mass is 19.1. The molecule has 0 amide bonds. The number of carbonyl (C=O) groups excluding carboxylic acids is 1. The maximum atomic E-state index is 13.3. The summed E-state index contributed by atoms with van der Waals surface area (Å²) in [4.78, 5) is 17.0. The van der Waals surface area contributed by atoms with Gasteiger partial charge < -0.3 is 4.74 Å². The van der Waals surface area contributed by atoms with Crippen LogP contribution in [0.15, 0.2) is 18.2 Å². The molecule has 1 heterocycles. The highest BCUT2D eigenvalue weighted by Gasteiger charge is 2.31. The molecule has 0 spiro atoms. The first-order valence-electron chi connectivity index (χ1n) is 7.50. The molecule has 21 heavy (non-hydrogen) atoms. The number of Topliss-reactive ketones (excluding diaryl/α,β-unsaturated/α-hetero) is 1. The van der Waals surface area contributed by atoms with Gasteiger partial charge in [-0.15, -0.1) is 0 Å². The smallest absolute Gasteiger partial charge is 0.180 e. The first kappa shape index (κ1) is 14.5. The van der Waals surface area contributed by atoms with Gasteiger partial charge in [0.25, 0.3) is 0 Å². The largest absolute Gasteiger partial charge is 0.496 e. The molecule has 0 radical (unpaired) electrons. The van der Waals surface area contributed by atoms with Crippen molar-refractivity contribution in [2.75, 3.05) is 39.8 Å². The van der Waals surface area contributed by atoms with Gasteiger partial charge in [0.05, 0.1) is 19.2 Å². The lowest BCUT2D eigenvalue weighted by Crippen LogP contribution is -2.48. The summed E-state index contributed by atoms with van der Waals surface area (Å²) in [5.41, 5.74) is 0.335. The predicted molar refractivity (Wildman–Crippen MR) is 78.3 cm³/mol. The summed E-state index contributed by atoms with van der Waals surface area (Å²) < 4.78 is 18.5. The van der Waals surface area contributed by atoms with E-state index in [9.17, 15) is 9.18 Å². The van der Waals surface area contributed by atoms with Crippen LogP contribution in [0.4, 0.5) is 4.39 Å². The van der Waals surface area contributed by atoms with Crippen molar-refractivity contribution in [3.63, 3.8) is 0 Å². The van der Waals surface area contributed by atoms with E-state index in [0.29, 0.717) is 17.9 Å². The van der Waals surface area contributed by atoms with Gasteiger partial charge in [-0.2, -0.15) is 0 Å². The van der Waals surface area contributed by atoms with E-state index >= 15 is 0 Å². The van der Waals surface area contributed by atoms with Gasteiger partial charge in [0.15, 0.2) is 5.78 Å². The number of carbonyl (C=O) groups is 1. The second-order valence-corrected chi connectivity index (χ2v) is 5.81. The van der Waals surface area contributed by atoms with Crippen molar-refractivity contribution in [1.29, 1.82) is 0 Å². The van der Waals surface area contributed by atoms with Crippen molar-refractivity contribution in [3.05, 3.63) is 29.6 Å². The first-order chi connectivity index (χ1) is 10.2. The SMILES string of the molecule is COc1ccc(F)cc1C(=O)CN1CCN(C2CC2)CC1. The molecule has 0 unspecified atom stereocenters. The molecule has 1 saturated carbocycles. The molecule has 3 rings (SSSR count). The normalized spacial score (nSPS) is 20.5. The number of ketones is 1. The topological polar surface area (TPSA) is 32.8 Å². The van der Waals surface area contributed by atoms with E-state index in [1.54, 1.807) is 0 Å². The standard InChI is InChI=1S/C16H21FN2O2/c1-21-16-5-2-12(17)10-14(16)15(20)11-18-6-8-19(9-7-18)13-3-4-13/h2,5,10,13H,3-4,6-9,11H2,1H3. The quantitative estimate of drug-likeness (QED) is 0.775. The average Bonchev–Trinajstić information content (AvgIpc) is 3.32. The lowest BCUT2D eigenvalue weighted by Gasteiger charge is -2.34. The van der Waals surface area contributed by atoms with Crippen molar-refractivity contribution < 1.29 is 13.9 Å². The third-order valence-corrected chi connectivity index (χ3v) is 4.30. The number of benzene rings is 1. The van der Waals surface area contributed by atoms with Crippen LogP contribution in [0.1, 0.15) is 23.2 Å². The van der Waals surface area contributed by atoms with Crippen molar-refractivity contribution in [2.24, 2.45) is 0 Å². The summed E-state index contributed by atoms with van der Waals surface area (Å²) in [6.45, 7) is 4.19. The molecule has 2 fully saturated rings. The van der Waals surface area contributed by atoms with Crippen molar-refractivity contribution in [1.82, 2.24) is 9.80 Å². The number of piperazine rings is 1. The Kier molecular flexibility index (Phi) is 4.22. The molecular weight excluding hydrogens is 271 g/mol. The zero-order valence-corrected chi connectivity index (χ0v) is 12.3. The Morgan fingerprint density at radius 1 is 1.29 bits per heavy atom. The van der Waals surface area contributed by atoms with Crippen LogP contribution in [0.3, 0.4) is 0 Å². The van der Waals surface area contributed by atoms with Crippen LogP contribution in [0.2, 0.25) is 0 Å². The molecule has 0 aromatic heterocycles. The first-order valence-corrected chi connectivity index (χ1v) is 7.50. The lowest BCUT2D eigenvalue weighted by molar-refractivity contribution is 0.0840. The van der Waals surface area contributed by atoms with Crippen LogP contribution in [0.5, 0.6) is 5.75 Å². The minimum Gasteiger partial charge on any atom is -0.496 e. The number of hydrogen-bond acceptors (Lipinski definition) is 4. The fraction of sp³-hybridized carbons (Fsp3) is 0.562. The van der Waals surface area contributed by atoms with Crippen LogP contribution in [-0.2, 0) is 0 Å². The predicted octanol–water partition coefficient (Wildman–Crippen LogP) is 1.80. The van der Waals surface area contributed by atoms with E-state index in [0.717, 1.165) is 32.2 Å². The summed E-state index contributed by atoms with van der Waals surface area (Å²) in [6, 6.07) is 4.87. The molecule has 0 bridgehead atoms. The van der Waals surface area contributed by atoms with Crippen LogP contribution in [-0.4, -0.2) is 61.5 Å². The maximum absolute atomic E-state index is 13.3. The summed E-state index contributed by atoms with van der Waals surface area (Å²) in [7, 11) is 1.50. The molecule has 114 valence electrons. The van der Waals surface area contributed by atoms with E-state index < -0.39 is 5.82 Å². The molecular formula is C16H21FN2O2. The van der Waals surface area contributed by atoms with E-state index in [-0.39, 0.29) is 5.78 Å². The average molecular weight is 292 g/mol. The lowest BCUT2D eigenvalue weighted by atomic mass is 10.1. The number of rotatable bonds is 5. The Labute approximate surface area is 124 Å². The fourth-order valence-corrected chi connectivity index (χ4v) is 2.91. The number of halogens is 1. The van der Waals surface area contributed by atoms with E-state index in [4.69, 9.17) is 4.74 Å². The molecule has 1 aromatic carbocycles. The van der Waals surface area contributed by atoms with Gasteiger partial charge in [0.1, 0.15) is 11.6 Å². The summed E-state index contributed by atoms with van der Waals surface area (Å²) in [5, 5.41) is 0. The third kappa shape index (κ3) is 3.41. The van der Waals surface area contributed by atoms with Gasteiger partial charge in [-0.05, 0) is 31.0 Å². The Morgan fingerprint density at radius 2 is 2.00 bits per heavy atom. The number of ether oxygens (including phenoxy) is 1. The van der Waals surface area contributed by atoms with Crippen LogP contribution < -0.4 is 4.74 Å². The Hall–Kier alpha value is -1.46. The Bertz CT molecular complexity index is 523. The van der Waals surface area contributed by atoms with E-state index in [2.05, 4.69) is 9.80 Å². The van der Waals surface area contributed by atoms with Gasteiger partial charge in [0, 0.05) is 32.2 Å². The van der Waals surface area contributed by atoms with Gasteiger partial charge in [-0.3, -0.25) is 14.6 Å². The highest BCUT2D eigenvalue weighted by Crippen LogP contribution is 2.27. The molecule has 2 aliphatic rings. The van der Waals surface area contributed by atoms with Crippen molar-refractivity contribution in [2.45, 2.75) is 18.9 Å². The van der Waals surface area contributed by atoms with Crippen LogP contribution in [0.25, 0.3) is 0 Å². The van der Waals surface area contributed by atoms with Gasteiger partial charge in [-0.1, -0.05) is 0 Å². The minimum absolute atomic E-state index is 0.0776. The monoisotopic (exact) mass is 292 g/mol. The number of nitrogens with zero attached hydrogens (tertiary/aromatic N) is 2. The summed E-state index contributed by atoms with van der Waals surface area (Å²) >= 11 is 0. The summed E-state index contributed by atoms with van der Waals surface area (Å²) in [6.07, 6.45) is 2.64. The van der Waals surface area contributed by atoms with E-state index in [1.807, 2.05) is 0 Å². The fourth-order valence-electron chi connectivity index (χ4n) is 2.91. The zero-order chi connectivity index (χ0) is 14.8. The molecule has 1 aliphatic heterocycles. The second-order valence-electron chi connectivity index (χ2n) is 5.81. The van der Waals surface area contributed by atoms with Crippen molar-refractivity contribution >= 4 is 5.78 Å². The maximum Gasteiger partial charge on any atom is 0.180 e. The third-order valence-electron chi connectivity index (χ3n) is 4.30. The van der Waals surface area contributed by atoms with Gasteiger partial charge in [-0.25, -0.2) is 4.39 Å². The molecule has 1 aromatic rings. The molecule has 0 N–H and O–H groups in total. The minimum atomic E-state index is -0.405. The van der Waals surface area contributed by atoms with Crippen molar-refractivity contribution in [3.8, 4) is 5.75 Å². The second kappa shape index (κ2) is 6.12. The number of hydrogen-bond donors (Lipinski definition) is 0. The molecule has 1 saturated heterocycles. The van der Waals surface area contributed by atoms with Gasteiger partial charge in [0.2, 0.25) is 0 Å². The Balaban J connectivity index is 1.60. The molecule has 4 nitrogen and oxygen atoms in total.